The van der Waals surface area contributed by atoms with Crippen molar-refractivity contribution in [1.29, 1.82) is 0 Å². The van der Waals surface area contributed by atoms with Crippen LogP contribution in [0.1, 0.15) is 36.8 Å². The molecule has 0 atom stereocenters. The summed E-state index contributed by atoms with van der Waals surface area (Å²) in [6.07, 6.45) is 3.00. The van der Waals surface area contributed by atoms with Crippen LogP contribution >= 0.6 is 0 Å². The summed E-state index contributed by atoms with van der Waals surface area (Å²) >= 11 is 0. The number of nitrogens with zero attached hydrogens (tertiary/aromatic N) is 1. The first-order chi connectivity index (χ1) is 11.4. The minimum Gasteiger partial charge on any atom is -0.481 e. The van der Waals surface area contributed by atoms with Gasteiger partial charge in [0.05, 0.1) is 16.9 Å². The zero-order valence-corrected chi connectivity index (χ0v) is 14.2. The van der Waals surface area contributed by atoms with Crippen molar-refractivity contribution in [2.45, 2.75) is 36.9 Å². The molecule has 1 saturated heterocycles. The minimum absolute atomic E-state index is 0.0326. The van der Waals surface area contributed by atoms with Crippen LogP contribution in [0.4, 0.5) is 5.69 Å². The van der Waals surface area contributed by atoms with Gasteiger partial charge in [0.15, 0.2) is 0 Å². The highest BCUT2D eigenvalue weighted by atomic mass is 32.2. The third-order valence-electron chi connectivity index (χ3n) is 5.50. The smallest absolute Gasteiger partial charge is 0.314 e. The van der Waals surface area contributed by atoms with E-state index in [9.17, 15) is 18.3 Å². The highest BCUT2D eigenvalue weighted by Crippen LogP contribution is 2.50. The van der Waals surface area contributed by atoms with Gasteiger partial charge in [-0.2, -0.15) is 0 Å². The zero-order chi connectivity index (χ0) is 16.9. The summed E-state index contributed by atoms with van der Waals surface area (Å²) in [7, 11) is -3.36. The molecule has 0 spiro atoms. The summed E-state index contributed by atoms with van der Waals surface area (Å²) in [5.74, 6) is -0.537. The van der Waals surface area contributed by atoms with Gasteiger partial charge in [-0.1, -0.05) is 12.1 Å². The van der Waals surface area contributed by atoms with E-state index in [4.69, 9.17) is 4.74 Å². The molecule has 1 aromatic rings. The molecular formula is C17H21NO5S. The lowest BCUT2D eigenvalue weighted by Crippen LogP contribution is -2.34. The Morgan fingerprint density at radius 3 is 2.62 bits per heavy atom. The molecule has 2 aliphatic heterocycles. The molecule has 0 aromatic heterocycles. The second-order valence-electron chi connectivity index (χ2n) is 7.07. The number of rotatable bonds is 4. The first-order valence-electron chi connectivity index (χ1n) is 8.37. The molecule has 3 aliphatic rings. The van der Waals surface area contributed by atoms with E-state index in [1.54, 1.807) is 18.2 Å². The second kappa shape index (κ2) is 5.46. The van der Waals surface area contributed by atoms with Crippen molar-refractivity contribution in [3.63, 3.8) is 0 Å². The number of benzene rings is 1. The molecule has 130 valence electrons. The Morgan fingerprint density at radius 1 is 1.29 bits per heavy atom. The monoisotopic (exact) mass is 351 g/mol. The molecule has 0 unspecified atom stereocenters. The highest BCUT2D eigenvalue weighted by molar-refractivity contribution is 7.92. The lowest BCUT2D eigenvalue weighted by atomic mass is 9.94. The Kier molecular flexibility index (Phi) is 3.61. The number of carbonyl (C=O) groups is 1. The third kappa shape index (κ3) is 2.50. The maximum atomic E-state index is 12.6. The number of ether oxygens (including phenoxy) is 1. The fourth-order valence-electron chi connectivity index (χ4n) is 3.79. The molecule has 6 nitrogen and oxygen atoms in total. The topological polar surface area (TPSA) is 83.9 Å². The lowest BCUT2D eigenvalue weighted by Gasteiger charge is -2.27. The van der Waals surface area contributed by atoms with E-state index < -0.39 is 21.4 Å². The molecule has 4 rings (SSSR count). The Labute approximate surface area is 141 Å². The second-order valence-corrected chi connectivity index (χ2v) is 8.97. The van der Waals surface area contributed by atoms with Crippen LogP contribution in [0.5, 0.6) is 0 Å². The summed E-state index contributed by atoms with van der Waals surface area (Å²) in [6, 6.07) is 5.37. The molecule has 24 heavy (non-hydrogen) atoms. The van der Waals surface area contributed by atoms with E-state index in [2.05, 4.69) is 0 Å². The van der Waals surface area contributed by atoms with Crippen LogP contribution in [-0.2, 0) is 30.7 Å². The van der Waals surface area contributed by atoms with Gasteiger partial charge in [0.1, 0.15) is 0 Å². The van der Waals surface area contributed by atoms with Gasteiger partial charge in [0.25, 0.3) is 0 Å². The predicted molar refractivity (Wildman–Crippen MR) is 88.5 cm³/mol. The van der Waals surface area contributed by atoms with Crippen molar-refractivity contribution >= 4 is 21.7 Å². The van der Waals surface area contributed by atoms with Gasteiger partial charge < -0.3 is 9.84 Å². The van der Waals surface area contributed by atoms with Crippen LogP contribution in [-0.4, -0.2) is 39.3 Å². The van der Waals surface area contributed by atoms with Crippen LogP contribution in [0.25, 0.3) is 0 Å². The van der Waals surface area contributed by atoms with Crippen LogP contribution in [0.3, 0.4) is 0 Å². The summed E-state index contributed by atoms with van der Waals surface area (Å²) < 4.78 is 32.0. The Bertz CT molecular complexity index is 778. The van der Waals surface area contributed by atoms with Crippen molar-refractivity contribution < 1.29 is 23.1 Å². The molecule has 2 heterocycles. The van der Waals surface area contributed by atoms with Crippen molar-refractivity contribution in [1.82, 2.24) is 0 Å². The Balaban J connectivity index is 1.64. The number of carboxylic acid groups (broad SMARTS) is 1. The van der Waals surface area contributed by atoms with Crippen molar-refractivity contribution in [2.24, 2.45) is 5.92 Å². The molecular weight excluding hydrogens is 330 g/mol. The van der Waals surface area contributed by atoms with E-state index in [-0.39, 0.29) is 5.75 Å². The molecule has 2 fully saturated rings. The quantitative estimate of drug-likeness (QED) is 0.895. The first kappa shape index (κ1) is 15.9. The summed E-state index contributed by atoms with van der Waals surface area (Å²) in [4.78, 5) is 11.5. The van der Waals surface area contributed by atoms with Crippen molar-refractivity contribution in [2.75, 3.05) is 24.1 Å². The summed E-state index contributed by atoms with van der Waals surface area (Å²) in [5.41, 5.74) is 1.38. The standard InChI is InChI=1S/C17H21NO5S/c19-16(20)17(5-6-17)14-1-2-15-13(9-14)11-24(21,22)18(15)10-12-3-7-23-8-4-12/h1-2,9,12H,3-8,10-11H2,(H,19,20). The fourth-order valence-corrected chi connectivity index (χ4v) is 5.49. The van der Waals surface area contributed by atoms with Crippen molar-refractivity contribution in [3.8, 4) is 0 Å². The molecule has 1 aromatic carbocycles. The Hall–Kier alpha value is -1.60. The van der Waals surface area contributed by atoms with Gasteiger partial charge in [0, 0.05) is 19.8 Å². The first-order valence-corrected chi connectivity index (χ1v) is 9.98. The molecule has 7 heteroatoms. The van der Waals surface area contributed by atoms with E-state index >= 15 is 0 Å². The SMILES string of the molecule is O=C(O)C1(c2ccc3c(c2)CS(=O)(=O)N3CC2CCOCC2)CC1. The Morgan fingerprint density at radius 2 is 2.00 bits per heavy atom. The van der Waals surface area contributed by atoms with Gasteiger partial charge in [0.2, 0.25) is 10.0 Å². The van der Waals surface area contributed by atoms with Gasteiger partial charge in [-0.3, -0.25) is 9.10 Å². The molecule has 0 radical (unpaired) electrons. The average Bonchev–Trinajstić information content (AvgIpc) is 3.31. The average molecular weight is 351 g/mol. The van der Waals surface area contributed by atoms with Crippen LogP contribution in [0, 0.1) is 5.92 Å². The minimum atomic E-state index is -3.36. The van der Waals surface area contributed by atoms with Crippen molar-refractivity contribution in [3.05, 3.63) is 29.3 Å². The third-order valence-corrected chi connectivity index (χ3v) is 7.19. The van der Waals surface area contributed by atoms with Crippen LogP contribution in [0.2, 0.25) is 0 Å². The van der Waals surface area contributed by atoms with Gasteiger partial charge in [-0.25, -0.2) is 8.42 Å². The van der Waals surface area contributed by atoms with E-state index in [0.717, 1.165) is 24.0 Å². The van der Waals surface area contributed by atoms with Gasteiger partial charge >= 0.3 is 5.97 Å². The zero-order valence-electron chi connectivity index (χ0n) is 13.4. The number of carboxylic acids is 1. The molecule has 1 N–H and O–H groups in total. The molecule has 0 amide bonds. The maximum absolute atomic E-state index is 12.6. The molecule has 1 aliphatic carbocycles. The summed E-state index contributed by atoms with van der Waals surface area (Å²) in [6.45, 7) is 1.86. The van der Waals surface area contributed by atoms with E-state index in [1.807, 2.05) is 0 Å². The fraction of sp³-hybridized carbons (Fsp3) is 0.588. The van der Waals surface area contributed by atoms with E-state index in [0.29, 0.717) is 44.2 Å². The number of sulfonamides is 1. The normalized spacial score (nSPS) is 24.6. The summed E-state index contributed by atoms with van der Waals surface area (Å²) in [5, 5.41) is 9.44. The molecule has 0 bridgehead atoms. The number of anilines is 1. The number of fused-ring (bicyclic) bond motifs is 1. The van der Waals surface area contributed by atoms with Crippen LogP contribution < -0.4 is 4.31 Å². The number of aliphatic carboxylic acids is 1. The highest BCUT2D eigenvalue weighted by Gasteiger charge is 2.52. The lowest BCUT2D eigenvalue weighted by molar-refractivity contribution is -0.140. The maximum Gasteiger partial charge on any atom is 0.314 e. The number of hydrogen-bond acceptors (Lipinski definition) is 4. The van der Waals surface area contributed by atoms with Crippen LogP contribution in [0.15, 0.2) is 18.2 Å². The van der Waals surface area contributed by atoms with Gasteiger partial charge in [-0.15, -0.1) is 0 Å². The predicted octanol–water partition coefficient (Wildman–Crippen LogP) is 1.88. The molecule has 1 saturated carbocycles. The number of hydrogen-bond donors (Lipinski definition) is 1. The largest absolute Gasteiger partial charge is 0.481 e. The van der Waals surface area contributed by atoms with Gasteiger partial charge in [-0.05, 0) is 48.8 Å². The van der Waals surface area contributed by atoms with E-state index in [1.165, 1.54) is 4.31 Å².